The lowest BCUT2D eigenvalue weighted by molar-refractivity contribution is -0.162. The predicted molar refractivity (Wildman–Crippen MR) is 53.3 cm³/mol. The van der Waals surface area contributed by atoms with Crippen molar-refractivity contribution in [2.45, 2.75) is 38.8 Å². The zero-order valence-electron chi connectivity index (χ0n) is 9.12. The van der Waals surface area contributed by atoms with Gasteiger partial charge in [0.25, 0.3) is 0 Å². The molecule has 0 radical (unpaired) electrons. The Morgan fingerprint density at radius 1 is 1.64 bits per heavy atom. The molecule has 0 aliphatic carbocycles. The van der Waals surface area contributed by atoms with Crippen LogP contribution in [-0.2, 0) is 9.53 Å². The summed E-state index contributed by atoms with van der Waals surface area (Å²) < 4.78 is 5.49. The Labute approximate surface area is 84.8 Å². The van der Waals surface area contributed by atoms with E-state index in [0.29, 0.717) is 13.2 Å². The minimum atomic E-state index is -0.783. The van der Waals surface area contributed by atoms with Crippen molar-refractivity contribution >= 4 is 5.97 Å². The number of carbonyl (C=O) groups is 1. The van der Waals surface area contributed by atoms with Gasteiger partial charge in [0, 0.05) is 6.54 Å². The Morgan fingerprint density at radius 2 is 2.29 bits per heavy atom. The molecule has 0 spiro atoms. The molecule has 1 fully saturated rings. The molecule has 0 bridgehead atoms. The van der Waals surface area contributed by atoms with Gasteiger partial charge in [-0.2, -0.15) is 0 Å². The Hall–Kier alpha value is -0.610. The number of hydrogen-bond donors (Lipinski definition) is 1. The first kappa shape index (κ1) is 11.5. The average molecular weight is 201 g/mol. The van der Waals surface area contributed by atoms with Crippen molar-refractivity contribution in [2.75, 3.05) is 19.7 Å². The van der Waals surface area contributed by atoms with E-state index >= 15 is 0 Å². The molecule has 1 atom stereocenters. The summed E-state index contributed by atoms with van der Waals surface area (Å²) in [7, 11) is 0. The molecule has 82 valence electrons. The van der Waals surface area contributed by atoms with Gasteiger partial charge in [0.2, 0.25) is 0 Å². The Balaban J connectivity index is 2.65. The molecule has 1 unspecified atom stereocenters. The summed E-state index contributed by atoms with van der Waals surface area (Å²) in [5, 5.41) is 8.98. The third-order valence-corrected chi connectivity index (χ3v) is 2.45. The number of carboxylic acid groups (broad SMARTS) is 1. The molecular weight excluding hydrogens is 182 g/mol. The van der Waals surface area contributed by atoms with E-state index in [9.17, 15) is 4.79 Å². The summed E-state index contributed by atoms with van der Waals surface area (Å²) in [5.41, 5.74) is -0.221. The van der Waals surface area contributed by atoms with Crippen molar-refractivity contribution in [1.29, 1.82) is 0 Å². The van der Waals surface area contributed by atoms with Gasteiger partial charge in [0.1, 0.15) is 6.04 Å². The zero-order valence-corrected chi connectivity index (χ0v) is 9.12. The molecular formula is C10H19NO3. The lowest BCUT2D eigenvalue weighted by Crippen LogP contribution is -2.57. The molecule has 0 amide bonds. The molecule has 1 heterocycles. The van der Waals surface area contributed by atoms with E-state index in [-0.39, 0.29) is 5.60 Å². The smallest absolute Gasteiger partial charge is 0.323 e. The van der Waals surface area contributed by atoms with Crippen LogP contribution >= 0.6 is 0 Å². The number of nitrogens with zero attached hydrogens (tertiary/aromatic N) is 1. The van der Waals surface area contributed by atoms with Crippen LogP contribution in [0.25, 0.3) is 0 Å². The molecule has 14 heavy (non-hydrogen) atoms. The quantitative estimate of drug-likeness (QED) is 0.739. The highest BCUT2D eigenvalue weighted by Crippen LogP contribution is 2.20. The normalized spacial score (nSPS) is 27.5. The molecule has 0 saturated carbocycles. The maximum atomic E-state index is 10.9. The van der Waals surface area contributed by atoms with Gasteiger partial charge in [-0.05, 0) is 26.8 Å². The molecule has 1 aliphatic rings. The van der Waals surface area contributed by atoms with Gasteiger partial charge in [-0.3, -0.25) is 9.69 Å². The highest BCUT2D eigenvalue weighted by molar-refractivity contribution is 5.73. The van der Waals surface area contributed by atoms with Crippen LogP contribution in [0, 0.1) is 0 Å². The summed E-state index contributed by atoms with van der Waals surface area (Å²) in [6, 6.07) is -0.469. The summed E-state index contributed by atoms with van der Waals surface area (Å²) in [6.45, 7) is 7.85. The molecule has 1 saturated heterocycles. The topological polar surface area (TPSA) is 49.8 Å². The second-order valence-electron chi connectivity index (χ2n) is 4.40. The molecule has 4 nitrogen and oxygen atoms in total. The first-order valence-corrected chi connectivity index (χ1v) is 5.07. The van der Waals surface area contributed by atoms with E-state index in [0.717, 1.165) is 13.0 Å². The van der Waals surface area contributed by atoms with E-state index in [1.807, 2.05) is 18.7 Å². The van der Waals surface area contributed by atoms with Crippen LogP contribution in [0.3, 0.4) is 0 Å². The molecule has 1 N–H and O–H groups in total. The number of ether oxygens (including phenoxy) is 1. The fourth-order valence-electron chi connectivity index (χ4n) is 1.80. The fourth-order valence-corrected chi connectivity index (χ4v) is 1.80. The molecule has 0 aromatic carbocycles. The van der Waals surface area contributed by atoms with Crippen LogP contribution < -0.4 is 0 Å². The Bertz CT molecular complexity index is 215. The van der Waals surface area contributed by atoms with Crippen molar-refractivity contribution in [3.8, 4) is 0 Å². The average Bonchev–Trinajstić information content (AvgIpc) is 2.02. The monoisotopic (exact) mass is 201 g/mol. The number of carboxylic acids is 1. The highest BCUT2D eigenvalue weighted by Gasteiger charge is 2.36. The third-order valence-electron chi connectivity index (χ3n) is 2.45. The summed E-state index contributed by atoms with van der Waals surface area (Å²) in [4.78, 5) is 12.9. The lowest BCUT2D eigenvalue weighted by atomic mass is 10.0. The second-order valence-corrected chi connectivity index (χ2v) is 4.40. The first-order valence-electron chi connectivity index (χ1n) is 5.07. The van der Waals surface area contributed by atoms with E-state index in [1.54, 1.807) is 0 Å². The molecule has 4 heteroatoms. The van der Waals surface area contributed by atoms with E-state index in [1.165, 1.54) is 0 Å². The minimum Gasteiger partial charge on any atom is -0.480 e. The van der Waals surface area contributed by atoms with Crippen LogP contribution in [0.5, 0.6) is 0 Å². The molecule has 0 aromatic heterocycles. The van der Waals surface area contributed by atoms with E-state index in [4.69, 9.17) is 9.84 Å². The van der Waals surface area contributed by atoms with Crippen LogP contribution in [-0.4, -0.2) is 47.3 Å². The SMILES string of the molecule is CCCN1CC(C)(C)OCC1C(=O)O. The van der Waals surface area contributed by atoms with Crippen LogP contribution in [0.2, 0.25) is 0 Å². The van der Waals surface area contributed by atoms with Gasteiger partial charge in [0.05, 0.1) is 12.2 Å². The second kappa shape index (κ2) is 4.28. The van der Waals surface area contributed by atoms with Gasteiger partial charge in [-0.15, -0.1) is 0 Å². The maximum Gasteiger partial charge on any atom is 0.323 e. The molecule has 1 aliphatic heterocycles. The number of morpholine rings is 1. The fraction of sp³-hybridized carbons (Fsp3) is 0.900. The van der Waals surface area contributed by atoms with Gasteiger partial charge < -0.3 is 9.84 Å². The van der Waals surface area contributed by atoms with Crippen molar-refractivity contribution in [2.24, 2.45) is 0 Å². The Kier molecular flexibility index (Phi) is 3.50. The van der Waals surface area contributed by atoms with Crippen molar-refractivity contribution in [3.05, 3.63) is 0 Å². The molecule has 1 rings (SSSR count). The molecule has 0 aromatic rings. The number of rotatable bonds is 3. The van der Waals surface area contributed by atoms with Crippen LogP contribution in [0.4, 0.5) is 0 Å². The Morgan fingerprint density at radius 3 is 2.79 bits per heavy atom. The summed E-state index contributed by atoms with van der Waals surface area (Å²) in [5.74, 6) is -0.783. The third kappa shape index (κ3) is 2.69. The van der Waals surface area contributed by atoms with Gasteiger partial charge >= 0.3 is 5.97 Å². The van der Waals surface area contributed by atoms with E-state index < -0.39 is 12.0 Å². The van der Waals surface area contributed by atoms with Crippen LogP contribution in [0.1, 0.15) is 27.2 Å². The lowest BCUT2D eigenvalue weighted by Gasteiger charge is -2.41. The van der Waals surface area contributed by atoms with Crippen molar-refractivity contribution in [1.82, 2.24) is 4.90 Å². The first-order chi connectivity index (χ1) is 6.46. The van der Waals surface area contributed by atoms with Crippen LogP contribution in [0.15, 0.2) is 0 Å². The van der Waals surface area contributed by atoms with Gasteiger partial charge in [0.15, 0.2) is 0 Å². The predicted octanol–water partition coefficient (Wildman–Crippen LogP) is 0.960. The van der Waals surface area contributed by atoms with Gasteiger partial charge in [-0.25, -0.2) is 0 Å². The number of aliphatic carboxylic acids is 1. The zero-order chi connectivity index (χ0) is 10.8. The van der Waals surface area contributed by atoms with Gasteiger partial charge in [-0.1, -0.05) is 6.92 Å². The summed E-state index contributed by atoms with van der Waals surface area (Å²) in [6.07, 6.45) is 0.972. The number of hydrogen-bond acceptors (Lipinski definition) is 3. The van der Waals surface area contributed by atoms with Crippen molar-refractivity contribution in [3.63, 3.8) is 0 Å². The minimum absolute atomic E-state index is 0.221. The van der Waals surface area contributed by atoms with Crippen molar-refractivity contribution < 1.29 is 14.6 Å². The van der Waals surface area contributed by atoms with E-state index in [2.05, 4.69) is 6.92 Å². The maximum absolute atomic E-state index is 10.9. The highest BCUT2D eigenvalue weighted by atomic mass is 16.5. The standard InChI is InChI=1S/C10H19NO3/c1-4-5-11-7-10(2,3)14-6-8(11)9(12)13/h8H,4-7H2,1-3H3,(H,12,13). The largest absolute Gasteiger partial charge is 0.480 e. The summed E-state index contributed by atoms with van der Waals surface area (Å²) >= 11 is 0.